The number of pyridine rings is 1. The first-order valence-electron chi connectivity index (χ1n) is 7.04. The maximum atomic E-state index is 12.0. The van der Waals surface area contributed by atoms with Gasteiger partial charge in [-0.15, -0.1) is 0 Å². The van der Waals surface area contributed by atoms with Crippen molar-refractivity contribution in [3.05, 3.63) is 30.1 Å². The van der Waals surface area contributed by atoms with Crippen LogP contribution in [0.5, 0.6) is 0 Å². The first-order chi connectivity index (χ1) is 10.2. The molecule has 1 N–H and O–H groups in total. The molecule has 0 radical (unpaired) electrons. The SMILES string of the molecule is CCOC(=O)N1CCN(C(=O)NCc2cccnc2)CC1. The van der Waals surface area contributed by atoms with Gasteiger partial charge in [0.15, 0.2) is 0 Å². The first-order valence-corrected chi connectivity index (χ1v) is 7.04. The zero-order valence-corrected chi connectivity index (χ0v) is 12.1. The molecule has 21 heavy (non-hydrogen) atoms. The molecule has 0 unspecified atom stereocenters. The van der Waals surface area contributed by atoms with Gasteiger partial charge in [0.25, 0.3) is 0 Å². The van der Waals surface area contributed by atoms with E-state index >= 15 is 0 Å². The highest BCUT2D eigenvalue weighted by Crippen LogP contribution is 2.04. The van der Waals surface area contributed by atoms with Gasteiger partial charge >= 0.3 is 12.1 Å². The van der Waals surface area contributed by atoms with E-state index in [1.54, 1.807) is 29.1 Å². The summed E-state index contributed by atoms with van der Waals surface area (Å²) in [5.74, 6) is 0. The van der Waals surface area contributed by atoms with Crippen LogP contribution in [0.4, 0.5) is 9.59 Å². The summed E-state index contributed by atoms with van der Waals surface area (Å²) in [5, 5.41) is 2.85. The fraction of sp³-hybridized carbons (Fsp3) is 0.500. The van der Waals surface area contributed by atoms with E-state index in [2.05, 4.69) is 10.3 Å². The third-order valence-corrected chi connectivity index (χ3v) is 3.26. The second-order valence-electron chi connectivity index (χ2n) is 4.69. The van der Waals surface area contributed by atoms with Crippen LogP contribution in [0.25, 0.3) is 0 Å². The molecule has 3 amide bonds. The van der Waals surface area contributed by atoms with E-state index < -0.39 is 0 Å². The Labute approximate surface area is 123 Å². The molecule has 0 saturated carbocycles. The molecule has 1 aliphatic rings. The lowest BCUT2D eigenvalue weighted by Crippen LogP contribution is -2.53. The molecule has 0 spiro atoms. The highest BCUT2D eigenvalue weighted by Gasteiger charge is 2.24. The molecule has 7 heteroatoms. The number of hydrogen-bond donors (Lipinski definition) is 1. The summed E-state index contributed by atoms with van der Waals surface area (Å²) in [7, 11) is 0. The van der Waals surface area contributed by atoms with Crippen LogP contribution < -0.4 is 5.32 Å². The number of carbonyl (C=O) groups excluding carboxylic acids is 2. The quantitative estimate of drug-likeness (QED) is 0.904. The number of carbonyl (C=O) groups is 2. The van der Waals surface area contributed by atoms with Gasteiger partial charge < -0.3 is 19.9 Å². The summed E-state index contributed by atoms with van der Waals surface area (Å²) in [4.78, 5) is 30.9. The molecule has 2 heterocycles. The standard InChI is InChI=1S/C14H20N4O3/c1-2-21-14(20)18-8-6-17(7-9-18)13(19)16-11-12-4-3-5-15-10-12/h3-5,10H,2,6-9,11H2,1H3,(H,16,19). The second kappa shape index (κ2) is 7.47. The Morgan fingerprint density at radius 1 is 1.29 bits per heavy atom. The van der Waals surface area contributed by atoms with Crippen LogP contribution in [0.2, 0.25) is 0 Å². The number of aromatic nitrogens is 1. The van der Waals surface area contributed by atoms with Gasteiger partial charge in [-0.05, 0) is 18.6 Å². The summed E-state index contributed by atoms with van der Waals surface area (Å²) in [6.07, 6.45) is 3.10. The molecule has 1 aromatic rings. The Morgan fingerprint density at radius 3 is 2.62 bits per heavy atom. The number of ether oxygens (including phenoxy) is 1. The number of nitrogens with zero attached hydrogens (tertiary/aromatic N) is 3. The summed E-state index contributed by atoms with van der Waals surface area (Å²) in [6, 6.07) is 3.62. The fourth-order valence-electron chi connectivity index (χ4n) is 2.10. The molecule has 0 atom stereocenters. The van der Waals surface area contributed by atoms with E-state index in [9.17, 15) is 9.59 Å². The second-order valence-corrected chi connectivity index (χ2v) is 4.69. The monoisotopic (exact) mass is 292 g/mol. The number of hydrogen-bond acceptors (Lipinski definition) is 4. The van der Waals surface area contributed by atoms with E-state index in [-0.39, 0.29) is 12.1 Å². The molecule has 1 aliphatic heterocycles. The Morgan fingerprint density at radius 2 is 2.00 bits per heavy atom. The van der Waals surface area contributed by atoms with Crippen molar-refractivity contribution in [2.45, 2.75) is 13.5 Å². The number of amides is 3. The van der Waals surface area contributed by atoms with E-state index in [4.69, 9.17) is 4.74 Å². The van der Waals surface area contributed by atoms with Crippen molar-refractivity contribution in [2.24, 2.45) is 0 Å². The maximum Gasteiger partial charge on any atom is 0.409 e. The minimum Gasteiger partial charge on any atom is -0.450 e. The lowest BCUT2D eigenvalue weighted by molar-refractivity contribution is 0.0851. The van der Waals surface area contributed by atoms with E-state index in [1.807, 2.05) is 12.1 Å². The summed E-state index contributed by atoms with van der Waals surface area (Å²) >= 11 is 0. The van der Waals surface area contributed by atoms with Crippen molar-refractivity contribution >= 4 is 12.1 Å². The number of rotatable bonds is 3. The number of nitrogens with one attached hydrogen (secondary N) is 1. The Bertz CT molecular complexity index is 472. The summed E-state index contributed by atoms with van der Waals surface area (Å²) in [5.41, 5.74) is 0.955. The van der Waals surface area contributed by atoms with Crippen molar-refractivity contribution in [3.63, 3.8) is 0 Å². The van der Waals surface area contributed by atoms with Gasteiger partial charge in [-0.2, -0.15) is 0 Å². The van der Waals surface area contributed by atoms with Gasteiger partial charge in [-0.25, -0.2) is 9.59 Å². The van der Waals surface area contributed by atoms with Gasteiger partial charge in [0.05, 0.1) is 6.61 Å². The molecule has 7 nitrogen and oxygen atoms in total. The minimum absolute atomic E-state index is 0.123. The van der Waals surface area contributed by atoms with Gasteiger partial charge in [-0.3, -0.25) is 4.98 Å². The predicted molar refractivity (Wildman–Crippen MR) is 76.6 cm³/mol. The topological polar surface area (TPSA) is 74.8 Å². The van der Waals surface area contributed by atoms with Crippen LogP contribution in [-0.4, -0.2) is 59.7 Å². The summed E-state index contributed by atoms with van der Waals surface area (Å²) in [6.45, 7) is 4.61. The Hall–Kier alpha value is -2.31. The van der Waals surface area contributed by atoms with Crippen molar-refractivity contribution in [1.29, 1.82) is 0 Å². The largest absolute Gasteiger partial charge is 0.450 e. The third kappa shape index (κ3) is 4.34. The molecular formula is C14H20N4O3. The average molecular weight is 292 g/mol. The first kappa shape index (κ1) is 15.1. The van der Waals surface area contributed by atoms with Crippen LogP contribution in [0.3, 0.4) is 0 Å². The normalized spacial score (nSPS) is 14.7. The minimum atomic E-state index is -0.312. The zero-order chi connectivity index (χ0) is 15.1. The van der Waals surface area contributed by atoms with Gasteiger partial charge in [0.2, 0.25) is 0 Å². The number of urea groups is 1. The lowest BCUT2D eigenvalue weighted by Gasteiger charge is -2.34. The zero-order valence-electron chi connectivity index (χ0n) is 12.1. The van der Waals surface area contributed by atoms with E-state index in [1.165, 1.54) is 0 Å². The highest BCUT2D eigenvalue weighted by atomic mass is 16.6. The Kier molecular flexibility index (Phi) is 5.36. The molecule has 0 aromatic carbocycles. The smallest absolute Gasteiger partial charge is 0.409 e. The van der Waals surface area contributed by atoms with Crippen LogP contribution in [0.1, 0.15) is 12.5 Å². The summed E-state index contributed by atoms with van der Waals surface area (Å²) < 4.78 is 4.94. The molecule has 1 saturated heterocycles. The fourth-order valence-corrected chi connectivity index (χ4v) is 2.10. The average Bonchev–Trinajstić information content (AvgIpc) is 2.54. The van der Waals surface area contributed by atoms with Crippen LogP contribution in [0.15, 0.2) is 24.5 Å². The molecule has 1 fully saturated rings. The van der Waals surface area contributed by atoms with E-state index in [0.29, 0.717) is 39.3 Å². The molecular weight excluding hydrogens is 272 g/mol. The molecule has 0 bridgehead atoms. The van der Waals surface area contributed by atoms with Crippen molar-refractivity contribution in [1.82, 2.24) is 20.1 Å². The van der Waals surface area contributed by atoms with Gasteiger partial charge in [0, 0.05) is 45.1 Å². The Balaban J connectivity index is 1.74. The van der Waals surface area contributed by atoms with Crippen LogP contribution in [0, 0.1) is 0 Å². The molecule has 0 aliphatic carbocycles. The van der Waals surface area contributed by atoms with Gasteiger partial charge in [-0.1, -0.05) is 6.07 Å². The molecule has 1 aromatic heterocycles. The van der Waals surface area contributed by atoms with Crippen LogP contribution in [-0.2, 0) is 11.3 Å². The highest BCUT2D eigenvalue weighted by molar-refractivity contribution is 5.75. The lowest BCUT2D eigenvalue weighted by atomic mass is 10.3. The third-order valence-electron chi connectivity index (χ3n) is 3.26. The molecule has 2 rings (SSSR count). The number of piperazine rings is 1. The van der Waals surface area contributed by atoms with Crippen molar-refractivity contribution in [3.8, 4) is 0 Å². The molecule has 114 valence electrons. The van der Waals surface area contributed by atoms with Crippen LogP contribution >= 0.6 is 0 Å². The van der Waals surface area contributed by atoms with Gasteiger partial charge in [0.1, 0.15) is 0 Å². The maximum absolute atomic E-state index is 12.0. The van der Waals surface area contributed by atoms with Crippen molar-refractivity contribution in [2.75, 3.05) is 32.8 Å². The predicted octanol–water partition coefficient (Wildman–Crippen LogP) is 1.07. The van der Waals surface area contributed by atoms with Crippen molar-refractivity contribution < 1.29 is 14.3 Å². The van der Waals surface area contributed by atoms with E-state index in [0.717, 1.165) is 5.56 Å².